The molecule has 0 fully saturated rings. The van der Waals surface area contributed by atoms with E-state index in [1.54, 1.807) is 24.4 Å². The molecule has 0 aromatic heterocycles. The Hall–Kier alpha value is -1.64. The van der Waals surface area contributed by atoms with E-state index < -0.39 is 0 Å². The Bertz CT molecular complexity index is 336. The first-order valence-electron chi connectivity index (χ1n) is 4.81. The number of benzene rings is 1. The lowest BCUT2D eigenvalue weighted by Gasteiger charge is -1.97. The van der Waals surface area contributed by atoms with Crippen molar-refractivity contribution in [3.8, 4) is 0 Å². The lowest BCUT2D eigenvalue weighted by Crippen LogP contribution is -1.92. The van der Waals surface area contributed by atoms with E-state index in [0.717, 1.165) is 6.42 Å². The van der Waals surface area contributed by atoms with E-state index in [0.29, 0.717) is 18.7 Å². The van der Waals surface area contributed by atoms with Crippen LogP contribution in [0.3, 0.4) is 0 Å². The maximum Gasteiger partial charge on any atom is 0.131 e. The fraction of sp³-hybridized carbons (Fsp3) is 0.250. The lowest BCUT2D eigenvalue weighted by atomic mass is 10.2. The normalized spacial score (nSPS) is 10.5. The number of aliphatic imine (C=N–C) groups is 1. The molecule has 0 amide bonds. The van der Waals surface area contributed by atoms with Crippen LogP contribution in [0, 0.1) is 5.82 Å². The molecular weight excluding hydrogens is 193 g/mol. The summed E-state index contributed by atoms with van der Waals surface area (Å²) in [7, 11) is 0. The van der Waals surface area contributed by atoms with Gasteiger partial charge in [-0.15, -0.1) is 0 Å². The van der Waals surface area contributed by atoms with E-state index in [-0.39, 0.29) is 5.82 Å². The van der Waals surface area contributed by atoms with Gasteiger partial charge in [0, 0.05) is 24.7 Å². The smallest absolute Gasteiger partial charge is 0.131 e. The van der Waals surface area contributed by atoms with Crippen molar-refractivity contribution in [2.45, 2.75) is 6.42 Å². The Morgan fingerprint density at radius 2 is 2.20 bits per heavy atom. The van der Waals surface area contributed by atoms with Crippen LogP contribution in [0.4, 0.5) is 4.39 Å². The van der Waals surface area contributed by atoms with Crippen LogP contribution in [-0.2, 0) is 4.74 Å². The third-order valence-electron chi connectivity index (χ3n) is 1.80. The molecule has 1 rings (SSSR count). The Kier molecular flexibility index (Phi) is 5.15. The maximum atomic E-state index is 13.1. The van der Waals surface area contributed by atoms with Crippen molar-refractivity contribution in [1.82, 2.24) is 0 Å². The zero-order valence-electron chi connectivity index (χ0n) is 8.53. The molecule has 0 aliphatic carbocycles. The molecule has 0 unspecified atom stereocenters. The highest BCUT2D eigenvalue weighted by Gasteiger charge is 1.94. The number of hydrogen-bond donors (Lipinski definition) is 0. The minimum atomic E-state index is -0.247. The highest BCUT2D eigenvalue weighted by atomic mass is 19.1. The highest BCUT2D eigenvalue weighted by molar-refractivity contribution is 5.79. The predicted molar refractivity (Wildman–Crippen MR) is 59.6 cm³/mol. The summed E-state index contributed by atoms with van der Waals surface area (Å²) in [5, 5.41) is 0. The Morgan fingerprint density at radius 3 is 2.93 bits per heavy atom. The van der Waals surface area contributed by atoms with Crippen molar-refractivity contribution in [3.05, 3.63) is 48.5 Å². The first-order valence-corrected chi connectivity index (χ1v) is 4.81. The number of ether oxygens (including phenoxy) is 1. The molecule has 1 aromatic rings. The SMILES string of the molecule is C=COCCCN=Cc1ccccc1F. The van der Waals surface area contributed by atoms with E-state index in [1.807, 2.05) is 0 Å². The van der Waals surface area contributed by atoms with Gasteiger partial charge < -0.3 is 4.74 Å². The summed E-state index contributed by atoms with van der Waals surface area (Å²) in [6.07, 6.45) is 3.75. The Morgan fingerprint density at radius 1 is 1.40 bits per heavy atom. The van der Waals surface area contributed by atoms with Crippen LogP contribution in [0.5, 0.6) is 0 Å². The van der Waals surface area contributed by atoms with Crippen LogP contribution in [0.25, 0.3) is 0 Å². The van der Waals surface area contributed by atoms with Gasteiger partial charge in [-0.3, -0.25) is 4.99 Å². The van der Waals surface area contributed by atoms with Gasteiger partial charge in [0.05, 0.1) is 12.9 Å². The second kappa shape index (κ2) is 6.76. The van der Waals surface area contributed by atoms with E-state index in [4.69, 9.17) is 4.74 Å². The van der Waals surface area contributed by atoms with Crippen LogP contribution in [0.2, 0.25) is 0 Å². The largest absolute Gasteiger partial charge is 0.502 e. The van der Waals surface area contributed by atoms with Gasteiger partial charge in [0.15, 0.2) is 0 Å². The van der Waals surface area contributed by atoms with E-state index in [9.17, 15) is 4.39 Å². The molecule has 0 spiro atoms. The Balaban J connectivity index is 2.32. The van der Waals surface area contributed by atoms with Crippen LogP contribution in [0.15, 0.2) is 42.1 Å². The molecule has 0 radical (unpaired) electrons. The van der Waals surface area contributed by atoms with Gasteiger partial charge in [0.1, 0.15) is 5.82 Å². The molecular formula is C12H14FNO. The van der Waals surface area contributed by atoms with Crippen molar-refractivity contribution in [2.24, 2.45) is 4.99 Å². The average Bonchev–Trinajstić information content (AvgIpc) is 2.25. The minimum absolute atomic E-state index is 0.247. The van der Waals surface area contributed by atoms with Gasteiger partial charge in [-0.25, -0.2) is 4.39 Å². The zero-order valence-corrected chi connectivity index (χ0v) is 8.53. The highest BCUT2D eigenvalue weighted by Crippen LogP contribution is 2.02. The van der Waals surface area contributed by atoms with Crippen molar-refractivity contribution in [3.63, 3.8) is 0 Å². The van der Waals surface area contributed by atoms with E-state index in [2.05, 4.69) is 11.6 Å². The number of rotatable bonds is 6. The summed E-state index contributed by atoms with van der Waals surface area (Å²) in [5.74, 6) is -0.247. The molecule has 0 aliphatic rings. The lowest BCUT2D eigenvalue weighted by molar-refractivity contribution is 0.248. The van der Waals surface area contributed by atoms with Crippen molar-refractivity contribution in [2.75, 3.05) is 13.2 Å². The molecule has 0 N–H and O–H groups in total. The van der Waals surface area contributed by atoms with Crippen LogP contribution in [0.1, 0.15) is 12.0 Å². The van der Waals surface area contributed by atoms with Crippen molar-refractivity contribution < 1.29 is 9.13 Å². The summed E-state index contributed by atoms with van der Waals surface area (Å²) in [6, 6.07) is 6.55. The van der Waals surface area contributed by atoms with Crippen molar-refractivity contribution >= 4 is 6.21 Å². The summed E-state index contributed by atoms with van der Waals surface area (Å²) >= 11 is 0. The van der Waals surface area contributed by atoms with E-state index in [1.165, 1.54) is 12.3 Å². The first-order chi connectivity index (χ1) is 7.34. The van der Waals surface area contributed by atoms with Gasteiger partial charge >= 0.3 is 0 Å². The molecule has 0 atom stereocenters. The van der Waals surface area contributed by atoms with E-state index >= 15 is 0 Å². The average molecular weight is 207 g/mol. The fourth-order valence-electron chi connectivity index (χ4n) is 1.07. The standard InChI is InChI=1S/C12H14FNO/c1-2-15-9-5-8-14-10-11-6-3-4-7-12(11)13/h2-4,6-7,10H,1,5,8-9H2. The summed E-state index contributed by atoms with van der Waals surface area (Å²) in [6.45, 7) is 4.65. The number of halogens is 1. The topological polar surface area (TPSA) is 21.6 Å². The molecule has 1 aromatic carbocycles. The predicted octanol–water partition coefficient (Wildman–Crippen LogP) is 2.79. The maximum absolute atomic E-state index is 13.1. The summed E-state index contributed by atoms with van der Waals surface area (Å²) in [5.41, 5.74) is 0.516. The van der Waals surface area contributed by atoms with Gasteiger partial charge in [-0.1, -0.05) is 24.8 Å². The van der Waals surface area contributed by atoms with Crippen molar-refractivity contribution in [1.29, 1.82) is 0 Å². The fourth-order valence-corrected chi connectivity index (χ4v) is 1.07. The molecule has 80 valence electrons. The van der Waals surface area contributed by atoms with Crippen LogP contribution in [-0.4, -0.2) is 19.4 Å². The third-order valence-corrected chi connectivity index (χ3v) is 1.80. The van der Waals surface area contributed by atoms with Gasteiger partial charge in [0.25, 0.3) is 0 Å². The molecule has 3 heteroatoms. The second-order valence-corrected chi connectivity index (χ2v) is 2.95. The minimum Gasteiger partial charge on any atom is -0.502 e. The third kappa shape index (κ3) is 4.40. The van der Waals surface area contributed by atoms with Gasteiger partial charge in [0.2, 0.25) is 0 Å². The summed E-state index contributed by atoms with van der Waals surface area (Å²) in [4.78, 5) is 4.09. The second-order valence-electron chi connectivity index (χ2n) is 2.95. The van der Waals surface area contributed by atoms with Crippen LogP contribution < -0.4 is 0 Å². The molecule has 0 bridgehead atoms. The molecule has 0 saturated heterocycles. The summed E-state index contributed by atoms with van der Waals surface area (Å²) < 4.78 is 18.0. The molecule has 15 heavy (non-hydrogen) atoms. The quantitative estimate of drug-likeness (QED) is 0.399. The molecule has 0 aliphatic heterocycles. The number of hydrogen-bond acceptors (Lipinski definition) is 2. The van der Waals surface area contributed by atoms with Gasteiger partial charge in [-0.05, 0) is 6.07 Å². The number of nitrogens with zero attached hydrogens (tertiary/aromatic N) is 1. The first kappa shape index (κ1) is 11.4. The zero-order chi connectivity index (χ0) is 10.9. The van der Waals surface area contributed by atoms with Gasteiger partial charge in [-0.2, -0.15) is 0 Å². The monoisotopic (exact) mass is 207 g/mol. The Labute approximate surface area is 89.1 Å². The molecule has 2 nitrogen and oxygen atoms in total. The molecule has 0 saturated carbocycles. The van der Waals surface area contributed by atoms with Crippen LogP contribution >= 0.6 is 0 Å². The molecule has 0 heterocycles.